The van der Waals surface area contributed by atoms with Crippen LogP contribution in [0.3, 0.4) is 0 Å². The van der Waals surface area contributed by atoms with Crippen molar-refractivity contribution >= 4 is 23.5 Å². The molecule has 19 heavy (non-hydrogen) atoms. The molecule has 4 N–H and O–H groups in total. The van der Waals surface area contributed by atoms with Crippen molar-refractivity contribution in [3.05, 3.63) is 49.2 Å². The molecular weight excluding hydrogens is 260 g/mol. The van der Waals surface area contributed by atoms with Crippen molar-refractivity contribution in [1.29, 1.82) is 0 Å². The molecule has 0 unspecified atom stereocenters. The number of nitrogens with two attached hydrogens (primary N) is 2. The molecule has 0 bridgehead atoms. The Kier molecular flexibility index (Phi) is 3.93. The predicted octanol–water partition coefficient (Wildman–Crippen LogP) is -0.379. The van der Waals surface area contributed by atoms with Gasteiger partial charge in [0.15, 0.2) is 5.56 Å². The number of rotatable bonds is 4. The van der Waals surface area contributed by atoms with Crippen molar-refractivity contribution < 1.29 is 14.7 Å². The average molecular weight is 268 g/mol. The number of hydrazone groups is 1. The Labute approximate surface area is 105 Å². The van der Waals surface area contributed by atoms with Gasteiger partial charge in [0.2, 0.25) is 0 Å². The maximum Gasteiger partial charge on any atom is 0.366 e. The van der Waals surface area contributed by atoms with E-state index >= 15 is 0 Å². The fourth-order valence-corrected chi connectivity index (χ4v) is 1.17. The first-order valence-electron chi connectivity index (χ1n) is 4.65. The highest BCUT2D eigenvalue weighted by Gasteiger charge is 2.23. The lowest BCUT2D eigenvalue weighted by Crippen LogP contribution is -2.30. The largest absolute Gasteiger partial charge is 0.722 e. The van der Waals surface area contributed by atoms with E-state index in [0.29, 0.717) is 6.21 Å². The molecule has 0 saturated heterocycles. The fourth-order valence-electron chi connectivity index (χ4n) is 1.17. The zero-order valence-electron chi connectivity index (χ0n) is 9.29. The zero-order valence-corrected chi connectivity index (χ0v) is 9.29. The quantitative estimate of drug-likeness (QED) is 0.186. The average Bonchev–Trinajstić information content (AvgIpc) is 2.34. The molecule has 11 nitrogen and oxygen atoms in total. The third-order valence-electron chi connectivity index (χ3n) is 1.97. The third-order valence-corrected chi connectivity index (χ3v) is 1.97. The van der Waals surface area contributed by atoms with E-state index in [9.17, 15) is 25.4 Å². The van der Waals surface area contributed by atoms with Crippen LogP contribution in [0, 0.1) is 25.4 Å². The van der Waals surface area contributed by atoms with Gasteiger partial charge < -0.3 is 5.21 Å². The number of hydrogen-bond acceptors (Lipinski definition) is 6. The van der Waals surface area contributed by atoms with Gasteiger partial charge >= 0.3 is 5.96 Å². The molecule has 0 saturated carbocycles. The van der Waals surface area contributed by atoms with Gasteiger partial charge in [-0.05, 0) is 6.07 Å². The molecule has 1 aromatic carbocycles. The van der Waals surface area contributed by atoms with E-state index < -0.39 is 32.7 Å². The minimum Gasteiger partial charge on any atom is -0.722 e. The van der Waals surface area contributed by atoms with Gasteiger partial charge in [0.25, 0.3) is 11.4 Å². The second kappa shape index (κ2) is 5.39. The van der Waals surface area contributed by atoms with E-state index in [4.69, 9.17) is 11.5 Å². The Bertz CT molecular complexity index is 559. The molecule has 0 atom stereocenters. The summed E-state index contributed by atoms with van der Waals surface area (Å²) in [6.07, 6.45) is 0.656. The van der Waals surface area contributed by atoms with Crippen LogP contribution in [0.4, 0.5) is 11.4 Å². The van der Waals surface area contributed by atoms with Gasteiger partial charge in [0.05, 0.1) is 16.1 Å². The summed E-state index contributed by atoms with van der Waals surface area (Å²) in [5, 5.41) is 35.6. The van der Waals surface area contributed by atoms with E-state index in [0.717, 1.165) is 18.2 Å². The summed E-state index contributed by atoms with van der Waals surface area (Å²) in [5.74, 6) is -0.711. The second-order valence-corrected chi connectivity index (χ2v) is 3.17. The number of nitrogens with zero attached hydrogens (tertiary/aromatic N) is 4. The van der Waals surface area contributed by atoms with Gasteiger partial charge in [-0.15, -0.1) is 9.95 Å². The fraction of sp³-hybridized carbons (Fsp3) is 0. The number of hydrogen-bond donors (Lipinski definition) is 2. The Balaban J connectivity index is 3.42. The number of nitro groups is 2. The van der Waals surface area contributed by atoms with Gasteiger partial charge in [-0.1, -0.05) is 0 Å². The normalized spacial score (nSPS) is 10.3. The van der Waals surface area contributed by atoms with E-state index in [1.54, 1.807) is 0 Å². The van der Waals surface area contributed by atoms with Crippen molar-refractivity contribution in [2.24, 2.45) is 16.6 Å². The van der Waals surface area contributed by atoms with Crippen LogP contribution in [0.2, 0.25) is 0 Å². The lowest BCUT2D eigenvalue weighted by Gasteiger charge is -2.03. The van der Waals surface area contributed by atoms with Crippen molar-refractivity contribution in [2.45, 2.75) is 0 Å². The third kappa shape index (κ3) is 3.12. The first kappa shape index (κ1) is 13.8. The minimum absolute atomic E-state index is 0.222. The van der Waals surface area contributed by atoms with Gasteiger partial charge in [0, 0.05) is 12.1 Å². The van der Waals surface area contributed by atoms with Crippen molar-refractivity contribution in [3.8, 4) is 0 Å². The number of benzene rings is 1. The van der Waals surface area contributed by atoms with Crippen LogP contribution >= 0.6 is 0 Å². The highest BCUT2D eigenvalue weighted by molar-refractivity contribution is 5.90. The van der Waals surface area contributed by atoms with Crippen LogP contribution < -0.4 is 11.5 Å². The Hall–Kier alpha value is -3.24. The van der Waals surface area contributed by atoms with Gasteiger partial charge in [-0.25, -0.2) is 0 Å². The summed E-state index contributed by atoms with van der Waals surface area (Å²) < 4.78 is 0. The number of nitro benzene ring substituents is 2. The summed E-state index contributed by atoms with van der Waals surface area (Å²) in [5.41, 5.74) is 8.28. The van der Waals surface area contributed by atoms with Crippen LogP contribution in [0.5, 0.6) is 0 Å². The molecule has 0 aromatic heterocycles. The topological polar surface area (TPSA) is 177 Å². The molecule has 11 heteroatoms. The van der Waals surface area contributed by atoms with Crippen molar-refractivity contribution in [1.82, 2.24) is 0 Å². The van der Waals surface area contributed by atoms with E-state index in [2.05, 4.69) is 5.10 Å². The first-order chi connectivity index (χ1) is 8.84. The summed E-state index contributed by atoms with van der Waals surface area (Å²) in [4.78, 5) is 19.6. The molecule has 0 spiro atoms. The molecule has 100 valence electrons. The second-order valence-electron chi connectivity index (χ2n) is 3.17. The van der Waals surface area contributed by atoms with Crippen molar-refractivity contribution in [3.63, 3.8) is 0 Å². The number of guanidine groups is 1. The lowest BCUT2D eigenvalue weighted by molar-refractivity contribution is -0.464. The minimum atomic E-state index is -0.834. The molecule has 1 aromatic rings. The molecule has 0 aliphatic heterocycles. The smallest absolute Gasteiger partial charge is 0.366 e. The maximum absolute atomic E-state index is 11.0. The summed E-state index contributed by atoms with van der Waals surface area (Å²) in [6.45, 7) is 0. The molecular formula is C8H8N6O5. The molecule has 1 rings (SSSR count). The monoisotopic (exact) mass is 268 g/mol. The Morgan fingerprint density at radius 1 is 1.11 bits per heavy atom. The van der Waals surface area contributed by atoms with E-state index in [-0.39, 0.29) is 4.85 Å². The highest BCUT2D eigenvalue weighted by atomic mass is 16.6. The first-order valence-corrected chi connectivity index (χ1v) is 4.65. The van der Waals surface area contributed by atoms with Crippen LogP contribution in [0.15, 0.2) is 23.3 Å². The van der Waals surface area contributed by atoms with E-state index in [1.165, 1.54) is 0 Å². The lowest BCUT2D eigenvalue weighted by atomic mass is 10.1. The van der Waals surface area contributed by atoms with E-state index in [1.807, 2.05) is 0 Å². The molecule has 0 aliphatic rings. The maximum atomic E-state index is 11.0. The zero-order chi connectivity index (χ0) is 14.6. The van der Waals surface area contributed by atoms with Crippen LogP contribution in [-0.2, 0) is 0 Å². The molecule has 0 fully saturated rings. The molecule has 0 radical (unpaired) electrons. The Morgan fingerprint density at radius 3 is 1.95 bits per heavy atom. The summed E-state index contributed by atoms with van der Waals surface area (Å²) in [7, 11) is 0. The highest BCUT2D eigenvalue weighted by Crippen LogP contribution is 2.26. The standard InChI is InChI=1S/C8H8N6O5/c9-8(10)12(15)11-4-5-6(13(16)17)2-1-3-7(5)14(18)19/h1-4H,9-10H2/b11-4+. The molecule has 0 aliphatic carbocycles. The predicted molar refractivity (Wildman–Crippen MR) is 64.4 cm³/mol. The van der Waals surface area contributed by atoms with Gasteiger partial charge in [-0.3, -0.25) is 31.7 Å². The van der Waals surface area contributed by atoms with Crippen LogP contribution in [-0.4, -0.2) is 26.9 Å². The molecule has 0 amide bonds. The van der Waals surface area contributed by atoms with Crippen LogP contribution in [0.1, 0.15) is 5.56 Å². The van der Waals surface area contributed by atoms with Gasteiger partial charge in [-0.2, -0.15) is 0 Å². The Morgan fingerprint density at radius 2 is 1.58 bits per heavy atom. The molecule has 0 heterocycles. The van der Waals surface area contributed by atoms with Crippen molar-refractivity contribution in [2.75, 3.05) is 0 Å². The van der Waals surface area contributed by atoms with Gasteiger partial charge in [0.1, 0.15) is 0 Å². The summed E-state index contributed by atoms with van der Waals surface area (Å²) in [6, 6.07) is 3.23. The summed E-state index contributed by atoms with van der Waals surface area (Å²) >= 11 is 0. The SMILES string of the molecule is NC(N)=[N+]([O-])/N=C/c1c([N+](=O)[O-])cccc1[N+](=O)[O-]. The van der Waals surface area contributed by atoms with Crippen LogP contribution in [0.25, 0.3) is 0 Å².